The van der Waals surface area contributed by atoms with E-state index in [1.54, 1.807) is 6.07 Å². The lowest BCUT2D eigenvalue weighted by atomic mass is 10.0. The van der Waals surface area contributed by atoms with Crippen LogP contribution in [0, 0.1) is 19.8 Å². The maximum absolute atomic E-state index is 12.8. The summed E-state index contributed by atoms with van der Waals surface area (Å²) in [7, 11) is 0. The van der Waals surface area contributed by atoms with Crippen molar-refractivity contribution in [3.05, 3.63) is 71.3 Å². The first kappa shape index (κ1) is 24.8. The molecule has 1 atom stereocenters. The van der Waals surface area contributed by atoms with Crippen LogP contribution in [0.5, 0.6) is 11.5 Å². The van der Waals surface area contributed by atoms with Crippen molar-refractivity contribution in [3.8, 4) is 11.5 Å². The van der Waals surface area contributed by atoms with Crippen molar-refractivity contribution in [1.29, 1.82) is 0 Å². The van der Waals surface area contributed by atoms with Crippen molar-refractivity contribution in [2.75, 3.05) is 6.61 Å². The lowest BCUT2D eigenvalue weighted by Gasteiger charge is -2.19. The SMILES string of the molecule is Cc1cccc(C)c1OCC(=O)N[C@@H](CC(C)C)C(=O)N/N=C\c1c(O)ccc2ccccc12. The van der Waals surface area contributed by atoms with Crippen LogP contribution in [0.3, 0.4) is 0 Å². The molecule has 0 aliphatic rings. The lowest BCUT2D eigenvalue weighted by molar-refractivity contribution is -0.130. The van der Waals surface area contributed by atoms with Gasteiger partial charge in [0.05, 0.1) is 6.21 Å². The van der Waals surface area contributed by atoms with Gasteiger partial charge in [0.1, 0.15) is 17.5 Å². The van der Waals surface area contributed by atoms with Gasteiger partial charge in [-0.15, -0.1) is 0 Å². The molecule has 34 heavy (non-hydrogen) atoms. The zero-order valence-corrected chi connectivity index (χ0v) is 20.0. The number of phenols is 1. The quantitative estimate of drug-likeness (QED) is 0.328. The van der Waals surface area contributed by atoms with Crippen molar-refractivity contribution >= 4 is 28.8 Å². The number of carbonyl (C=O) groups excluding carboxylic acids is 2. The summed E-state index contributed by atoms with van der Waals surface area (Å²) in [6.45, 7) is 7.58. The van der Waals surface area contributed by atoms with Crippen molar-refractivity contribution in [3.63, 3.8) is 0 Å². The highest BCUT2D eigenvalue weighted by Crippen LogP contribution is 2.25. The molecule has 0 aliphatic carbocycles. The van der Waals surface area contributed by atoms with Gasteiger partial charge in [0, 0.05) is 5.56 Å². The first-order valence-electron chi connectivity index (χ1n) is 11.3. The van der Waals surface area contributed by atoms with Gasteiger partial charge in [0.2, 0.25) is 0 Å². The number of rotatable bonds is 9. The Kier molecular flexibility index (Phi) is 8.24. The molecule has 3 aromatic rings. The molecule has 178 valence electrons. The summed E-state index contributed by atoms with van der Waals surface area (Å²) < 4.78 is 5.71. The van der Waals surface area contributed by atoms with Gasteiger partial charge in [-0.05, 0) is 54.2 Å². The summed E-state index contributed by atoms with van der Waals surface area (Å²) in [5.41, 5.74) is 4.87. The number of hydrogen-bond donors (Lipinski definition) is 3. The molecule has 0 saturated heterocycles. The third kappa shape index (κ3) is 6.34. The van der Waals surface area contributed by atoms with Crippen LogP contribution < -0.4 is 15.5 Å². The number of amides is 2. The average Bonchev–Trinajstić information content (AvgIpc) is 2.79. The molecule has 3 N–H and O–H groups in total. The van der Waals surface area contributed by atoms with Crippen LogP contribution in [-0.2, 0) is 9.59 Å². The van der Waals surface area contributed by atoms with E-state index in [4.69, 9.17) is 4.74 Å². The standard InChI is InChI=1S/C27H31N3O4/c1-17(2)14-23(29-25(32)16-34-26-18(3)8-7-9-19(26)4)27(33)30-28-15-22-21-11-6-5-10-20(21)12-13-24(22)31/h5-13,15,17,23,31H,14,16H2,1-4H3,(H,29,32)(H,30,33)/b28-15-/t23-/m0/s1. The molecule has 0 fully saturated rings. The van der Waals surface area contributed by atoms with Crippen LogP contribution in [0.25, 0.3) is 10.8 Å². The lowest BCUT2D eigenvalue weighted by Crippen LogP contribution is -2.47. The van der Waals surface area contributed by atoms with E-state index < -0.39 is 11.9 Å². The first-order valence-corrected chi connectivity index (χ1v) is 11.3. The van der Waals surface area contributed by atoms with Crippen LogP contribution in [0.15, 0.2) is 59.7 Å². The minimum absolute atomic E-state index is 0.0624. The molecule has 0 spiro atoms. The Morgan fingerprint density at radius 2 is 1.74 bits per heavy atom. The Labute approximate surface area is 199 Å². The second-order valence-electron chi connectivity index (χ2n) is 8.71. The average molecular weight is 462 g/mol. The maximum Gasteiger partial charge on any atom is 0.262 e. The molecule has 3 rings (SSSR count). The third-order valence-corrected chi connectivity index (χ3v) is 5.43. The second-order valence-corrected chi connectivity index (χ2v) is 8.71. The molecular weight excluding hydrogens is 430 g/mol. The molecule has 0 saturated carbocycles. The largest absolute Gasteiger partial charge is 0.507 e. The van der Waals surface area contributed by atoms with Gasteiger partial charge in [-0.25, -0.2) is 5.43 Å². The summed E-state index contributed by atoms with van der Waals surface area (Å²) >= 11 is 0. The third-order valence-electron chi connectivity index (χ3n) is 5.43. The molecule has 0 unspecified atom stereocenters. The van der Waals surface area contributed by atoms with Gasteiger partial charge < -0.3 is 15.2 Å². The predicted molar refractivity (Wildman–Crippen MR) is 134 cm³/mol. The van der Waals surface area contributed by atoms with Crippen molar-refractivity contribution < 1.29 is 19.4 Å². The van der Waals surface area contributed by atoms with Crippen LogP contribution in [-0.4, -0.2) is 35.8 Å². The zero-order chi connectivity index (χ0) is 24.7. The molecule has 0 bridgehead atoms. The number of nitrogens with zero attached hydrogens (tertiary/aromatic N) is 1. The number of fused-ring (bicyclic) bond motifs is 1. The van der Waals surface area contributed by atoms with Gasteiger partial charge in [-0.1, -0.05) is 62.4 Å². The number of hydrogen-bond acceptors (Lipinski definition) is 5. The minimum atomic E-state index is -0.771. The Hall–Kier alpha value is -3.87. The van der Waals surface area contributed by atoms with Crippen molar-refractivity contribution in [2.24, 2.45) is 11.0 Å². The molecular formula is C27H31N3O4. The molecule has 3 aromatic carbocycles. The normalized spacial score (nSPS) is 12.1. The number of carbonyl (C=O) groups is 2. The highest BCUT2D eigenvalue weighted by atomic mass is 16.5. The highest BCUT2D eigenvalue weighted by Gasteiger charge is 2.22. The molecule has 0 aromatic heterocycles. The molecule has 7 heteroatoms. The number of benzene rings is 3. The first-order chi connectivity index (χ1) is 16.3. The number of nitrogens with one attached hydrogen (secondary N) is 2. The highest BCUT2D eigenvalue weighted by molar-refractivity contribution is 6.02. The van der Waals surface area contributed by atoms with E-state index in [1.165, 1.54) is 6.21 Å². The molecule has 0 heterocycles. The number of aromatic hydroxyl groups is 1. The van der Waals surface area contributed by atoms with Gasteiger partial charge in [-0.3, -0.25) is 9.59 Å². The monoisotopic (exact) mass is 461 g/mol. The van der Waals surface area contributed by atoms with Gasteiger partial charge in [0.15, 0.2) is 6.61 Å². The van der Waals surface area contributed by atoms with Crippen LogP contribution >= 0.6 is 0 Å². The maximum atomic E-state index is 12.8. The Morgan fingerprint density at radius 1 is 1.03 bits per heavy atom. The Balaban J connectivity index is 1.65. The van der Waals surface area contributed by atoms with Crippen LogP contribution in [0.2, 0.25) is 0 Å². The van der Waals surface area contributed by atoms with E-state index >= 15 is 0 Å². The summed E-state index contributed by atoms with van der Waals surface area (Å²) in [6.07, 6.45) is 1.85. The van der Waals surface area contributed by atoms with Crippen LogP contribution in [0.4, 0.5) is 0 Å². The van der Waals surface area contributed by atoms with Gasteiger partial charge in [-0.2, -0.15) is 5.10 Å². The fourth-order valence-corrected chi connectivity index (χ4v) is 3.76. The smallest absolute Gasteiger partial charge is 0.262 e. The van der Waals surface area contributed by atoms with Crippen molar-refractivity contribution in [2.45, 2.75) is 40.2 Å². The van der Waals surface area contributed by atoms with E-state index in [0.29, 0.717) is 17.7 Å². The number of hydrazone groups is 1. The number of ether oxygens (including phenoxy) is 1. The topological polar surface area (TPSA) is 100 Å². The zero-order valence-electron chi connectivity index (χ0n) is 20.0. The van der Waals surface area contributed by atoms with E-state index in [1.807, 2.05) is 76.2 Å². The summed E-state index contributed by atoms with van der Waals surface area (Å²) in [5, 5.41) is 18.8. The summed E-state index contributed by atoms with van der Waals surface area (Å²) in [4.78, 5) is 25.3. The fourth-order valence-electron chi connectivity index (χ4n) is 3.76. The molecule has 7 nitrogen and oxygen atoms in total. The molecule has 0 aliphatic heterocycles. The second kappa shape index (κ2) is 11.3. The number of aryl methyl sites for hydroxylation is 2. The van der Waals surface area contributed by atoms with E-state index in [-0.39, 0.29) is 24.2 Å². The minimum Gasteiger partial charge on any atom is -0.507 e. The van der Waals surface area contributed by atoms with Gasteiger partial charge in [0.25, 0.3) is 11.8 Å². The fraction of sp³-hybridized carbons (Fsp3) is 0.296. The van der Waals surface area contributed by atoms with E-state index in [9.17, 15) is 14.7 Å². The van der Waals surface area contributed by atoms with E-state index in [2.05, 4.69) is 15.8 Å². The number of phenolic OH excluding ortho intramolecular Hbond substituents is 1. The predicted octanol–water partition coefficient (Wildman–Crippen LogP) is 4.22. The Bertz CT molecular complexity index is 1180. The Morgan fingerprint density at radius 3 is 2.44 bits per heavy atom. The molecule has 0 radical (unpaired) electrons. The van der Waals surface area contributed by atoms with Crippen molar-refractivity contribution in [1.82, 2.24) is 10.7 Å². The van der Waals surface area contributed by atoms with Gasteiger partial charge >= 0.3 is 0 Å². The van der Waals surface area contributed by atoms with E-state index in [0.717, 1.165) is 21.9 Å². The van der Waals surface area contributed by atoms with Crippen LogP contribution in [0.1, 0.15) is 37.0 Å². The summed E-state index contributed by atoms with van der Waals surface area (Å²) in [6, 6.07) is 16.0. The summed E-state index contributed by atoms with van der Waals surface area (Å²) in [5.74, 6) is 0.0697. The molecule has 2 amide bonds. The number of para-hydroxylation sites is 1.